The van der Waals surface area contributed by atoms with Crippen molar-refractivity contribution in [1.82, 2.24) is 5.06 Å². The number of nitrogens with zero attached hydrogens (tertiary/aromatic N) is 1. The van der Waals surface area contributed by atoms with Crippen LogP contribution in [0, 0.1) is 5.92 Å². The molecular formula is C19H24N2O3. The molecule has 0 spiro atoms. The van der Waals surface area contributed by atoms with Gasteiger partial charge in [-0.25, -0.2) is 9.86 Å². The summed E-state index contributed by atoms with van der Waals surface area (Å²) >= 11 is 0. The number of hydrogen-bond donors (Lipinski definition) is 1. The number of nitrogens with one attached hydrogen (secondary N) is 1. The van der Waals surface area contributed by atoms with E-state index >= 15 is 0 Å². The molecule has 2 aromatic carbocycles. The standard InChI is InChI=1S/C19H24N2O3/c1-15(12-16-8-5-4-6-9-16)14-24-18-11-7-10-17(13-18)20-19(22)21(2)23-3/h4-11,13,15H,12,14H2,1-3H3,(H,20,22). The minimum absolute atomic E-state index is 0.341. The molecule has 0 fully saturated rings. The fraction of sp³-hybridized carbons (Fsp3) is 0.316. The van der Waals surface area contributed by atoms with Crippen molar-refractivity contribution in [2.24, 2.45) is 5.92 Å². The molecule has 2 amide bonds. The smallest absolute Gasteiger partial charge is 0.345 e. The molecule has 0 radical (unpaired) electrons. The molecule has 5 nitrogen and oxygen atoms in total. The Labute approximate surface area is 143 Å². The van der Waals surface area contributed by atoms with Crippen molar-refractivity contribution in [3.8, 4) is 5.75 Å². The van der Waals surface area contributed by atoms with Gasteiger partial charge in [0.15, 0.2) is 0 Å². The summed E-state index contributed by atoms with van der Waals surface area (Å²) in [4.78, 5) is 16.6. The van der Waals surface area contributed by atoms with Gasteiger partial charge in [-0.2, -0.15) is 0 Å². The summed E-state index contributed by atoms with van der Waals surface area (Å²) in [5, 5.41) is 3.86. The minimum Gasteiger partial charge on any atom is -0.493 e. The van der Waals surface area contributed by atoms with Crippen LogP contribution >= 0.6 is 0 Å². The van der Waals surface area contributed by atoms with Crippen LogP contribution < -0.4 is 10.1 Å². The molecule has 0 saturated carbocycles. The van der Waals surface area contributed by atoms with E-state index in [2.05, 4.69) is 24.4 Å². The molecule has 1 N–H and O–H groups in total. The van der Waals surface area contributed by atoms with E-state index in [1.54, 1.807) is 13.1 Å². The predicted octanol–water partition coefficient (Wildman–Crippen LogP) is 3.97. The second kappa shape index (κ2) is 8.93. The highest BCUT2D eigenvalue weighted by molar-refractivity contribution is 5.88. The number of carbonyl (C=O) groups is 1. The van der Waals surface area contributed by atoms with Gasteiger partial charge in [0.05, 0.1) is 13.7 Å². The molecule has 1 atom stereocenters. The lowest BCUT2D eigenvalue weighted by atomic mass is 10.0. The highest BCUT2D eigenvalue weighted by Crippen LogP contribution is 2.19. The second-order valence-corrected chi connectivity index (χ2v) is 5.74. The van der Waals surface area contributed by atoms with Crippen molar-refractivity contribution in [2.45, 2.75) is 13.3 Å². The van der Waals surface area contributed by atoms with Gasteiger partial charge in [0, 0.05) is 18.8 Å². The van der Waals surface area contributed by atoms with E-state index in [0.717, 1.165) is 17.2 Å². The van der Waals surface area contributed by atoms with Gasteiger partial charge in [-0.3, -0.25) is 4.84 Å². The van der Waals surface area contributed by atoms with Crippen molar-refractivity contribution in [3.05, 3.63) is 60.2 Å². The summed E-state index contributed by atoms with van der Waals surface area (Å²) in [6.07, 6.45) is 0.968. The molecule has 128 valence electrons. The predicted molar refractivity (Wildman–Crippen MR) is 95.0 cm³/mol. The van der Waals surface area contributed by atoms with E-state index in [1.165, 1.54) is 12.7 Å². The molecular weight excluding hydrogens is 304 g/mol. The Bertz CT molecular complexity index is 646. The zero-order valence-electron chi connectivity index (χ0n) is 14.4. The number of ether oxygens (including phenoxy) is 1. The van der Waals surface area contributed by atoms with Crippen LogP contribution in [-0.2, 0) is 11.3 Å². The zero-order chi connectivity index (χ0) is 17.4. The minimum atomic E-state index is -0.341. The molecule has 1 unspecified atom stereocenters. The Morgan fingerprint density at radius 3 is 2.62 bits per heavy atom. The van der Waals surface area contributed by atoms with E-state index in [4.69, 9.17) is 9.57 Å². The highest BCUT2D eigenvalue weighted by Gasteiger charge is 2.09. The Morgan fingerprint density at radius 1 is 1.17 bits per heavy atom. The molecule has 2 rings (SSSR count). The van der Waals surface area contributed by atoms with Gasteiger partial charge in [0.1, 0.15) is 5.75 Å². The average Bonchev–Trinajstić information content (AvgIpc) is 2.60. The summed E-state index contributed by atoms with van der Waals surface area (Å²) in [6.45, 7) is 2.77. The summed E-state index contributed by atoms with van der Waals surface area (Å²) in [5.74, 6) is 1.12. The number of hydroxylamine groups is 2. The Balaban J connectivity index is 1.86. The van der Waals surface area contributed by atoms with Crippen molar-refractivity contribution in [2.75, 3.05) is 26.1 Å². The first-order valence-electron chi connectivity index (χ1n) is 7.94. The largest absolute Gasteiger partial charge is 0.493 e. The number of amides is 2. The topological polar surface area (TPSA) is 50.8 Å². The van der Waals surface area contributed by atoms with E-state index < -0.39 is 0 Å². The average molecular weight is 328 g/mol. The van der Waals surface area contributed by atoms with Crippen molar-refractivity contribution in [1.29, 1.82) is 0 Å². The highest BCUT2D eigenvalue weighted by atomic mass is 16.7. The maximum atomic E-state index is 11.8. The number of hydrogen-bond acceptors (Lipinski definition) is 3. The molecule has 0 bridgehead atoms. The number of carbonyl (C=O) groups excluding carboxylic acids is 1. The van der Waals surface area contributed by atoms with Gasteiger partial charge < -0.3 is 10.1 Å². The first kappa shape index (κ1) is 17.8. The maximum absolute atomic E-state index is 11.8. The Kier molecular flexibility index (Phi) is 6.63. The lowest BCUT2D eigenvalue weighted by Crippen LogP contribution is -2.30. The number of benzene rings is 2. The zero-order valence-corrected chi connectivity index (χ0v) is 14.4. The summed E-state index contributed by atoms with van der Waals surface area (Å²) in [5.41, 5.74) is 1.97. The first-order chi connectivity index (χ1) is 11.6. The van der Waals surface area contributed by atoms with Crippen LogP contribution in [-0.4, -0.2) is 31.9 Å². The van der Waals surface area contributed by atoms with E-state index in [0.29, 0.717) is 18.2 Å². The van der Waals surface area contributed by atoms with Crippen LogP contribution in [0.25, 0.3) is 0 Å². The van der Waals surface area contributed by atoms with Crippen LogP contribution in [0.1, 0.15) is 12.5 Å². The number of rotatable bonds is 7. The SMILES string of the molecule is CON(C)C(=O)Nc1cccc(OCC(C)Cc2ccccc2)c1. The summed E-state index contributed by atoms with van der Waals surface area (Å²) < 4.78 is 5.85. The fourth-order valence-electron chi connectivity index (χ4n) is 2.26. The molecule has 24 heavy (non-hydrogen) atoms. The van der Waals surface area contributed by atoms with Gasteiger partial charge in [-0.05, 0) is 30.0 Å². The number of urea groups is 1. The van der Waals surface area contributed by atoms with Crippen LogP contribution in [0.3, 0.4) is 0 Å². The maximum Gasteiger partial charge on any atom is 0.345 e. The van der Waals surface area contributed by atoms with E-state index in [9.17, 15) is 4.79 Å². The quantitative estimate of drug-likeness (QED) is 0.783. The third-order valence-electron chi connectivity index (χ3n) is 3.61. The lowest BCUT2D eigenvalue weighted by molar-refractivity contribution is -0.0598. The van der Waals surface area contributed by atoms with Crippen LogP contribution in [0.2, 0.25) is 0 Å². The molecule has 0 aliphatic rings. The lowest BCUT2D eigenvalue weighted by Gasteiger charge is -2.16. The molecule has 0 heterocycles. The molecule has 0 aliphatic heterocycles. The van der Waals surface area contributed by atoms with E-state index in [1.807, 2.05) is 36.4 Å². The van der Waals surface area contributed by atoms with Crippen LogP contribution in [0.4, 0.5) is 10.5 Å². The third-order valence-corrected chi connectivity index (χ3v) is 3.61. The molecule has 5 heteroatoms. The Hall–Kier alpha value is -2.53. The monoisotopic (exact) mass is 328 g/mol. The van der Waals surface area contributed by atoms with Crippen molar-refractivity contribution >= 4 is 11.7 Å². The van der Waals surface area contributed by atoms with Crippen molar-refractivity contribution in [3.63, 3.8) is 0 Å². The van der Waals surface area contributed by atoms with Gasteiger partial charge in [0.25, 0.3) is 0 Å². The molecule has 0 aromatic heterocycles. The molecule has 0 saturated heterocycles. The summed E-state index contributed by atoms with van der Waals surface area (Å²) in [6, 6.07) is 17.4. The third kappa shape index (κ3) is 5.59. The Morgan fingerprint density at radius 2 is 1.92 bits per heavy atom. The van der Waals surface area contributed by atoms with Gasteiger partial charge in [0.2, 0.25) is 0 Å². The molecule has 2 aromatic rings. The van der Waals surface area contributed by atoms with Crippen LogP contribution in [0.15, 0.2) is 54.6 Å². The van der Waals surface area contributed by atoms with Crippen LogP contribution in [0.5, 0.6) is 5.75 Å². The number of anilines is 1. The first-order valence-corrected chi connectivity index (χ1v) is 7.94. The fourth-order valence-corrected chi connectivity index (χ4v) is 2.26. The van der Waals surface area contributed by atoms with Gasteiger partial charge in [-0.1, -0.05) is 43.3 Å². The van der Waals surface area contributed by atoms with E-state index in [-0.39, 0.29) is 6.03 Å². The van der Waals surface area contributed by atoms with Crippen molar-refractivity contribution < 1.29 is 14.4 Å². The van der Waals surface area contributed by atoms with Gasteiger partial charge >= 0.3 is 6.03 Å². The van der Waals surface area contributed by atoms with Gasteiger partial charge in [-0.15, -0.1) is 0 Å². The molecule has 0 aliphatic carbocycles. The summed E-state index contributed by atoms with van der Waals surface area (Å²) in [7, 11) is 2.98. The second-order valence-electron chi connectivity index (χ2n) is 5.74. The normalized spacial score (nSPS) is 11.6.